The summed E-state index contributed by atoms with van der Waals surface area (Å²) < 4.78 is 21.3. The van der Waals surface area contributed by atoms with Crippen molar-refractivity contribution in [2.24, 2.45) is 5.73 Å². The highest BCUT2D eigenvalue weighted by Gasteiger charge is 2.09. The lowest BCUT2D eigenvalue weighted by atomic mass is 10.0. The van der Waals surface area contributed by atoms with Crippen LogP contribution in [0.4, 0.5) is 0 Å². The molecule has 1 aromatic carbocycles. The van der Waals surface area contributed by atoms with E-state index in [4.69, 9.17) is 24.7 Å². The molecule has 5 nitrogen and oxygen atoms in total. The monoisotopic (exact) mass is 297 g/mol. The van der Waals surface area contributed by atoms with Crippen molar-refractivity contribution in [1.29, 1.82) is 0 Å². The van der Waals surface area contributed by atoms with E-state index in [1.807, 2.05) is 18.2 Å². The molecule has 0 aliphatic rings. The van der Waals surface area contributed by atoms with Gasteiger partial charge in [-0.15, -0.1) is 0 Å². The molecule has 0 saturated carbocycles. The summed E-state index contributed by atoms with van der Waals surface area (Å²) in [4.78, 5) is 0. The number of nitrogens with two attached hydrogens (primary N) is 1. The molecule has 0 amide bonds. The summed E-state index contributed by atoms with van der Waals surface area (Å²) in [5.74, 6) is 1.59. The van der Waals surface area contributed by atoms with Crippen molar-refractivity contribution in [2.45, 2.75) is 25.8 Å². The third kappa shape index (κ3) is 6.80. The Labute approximate surface area is 127 Å². The first-order valence-corrected chi connectivity index (χ1v) is 7.33. The van der Waals surface area contributed by atoms with E-state index >= 15 is 0 Å². The zero-order chi connectivity index (χ0) is 15.5. The molecule has 0 radical (unpaired) electrons. The molecule has 0 aliphatic carbocycles. The molecular formula is C16H27NO4. The lowest BCUT2D eigenvalue weighted by Gasteiger charge is -2.15. The molecule has 0 heterocycles. The number of ether oxygens (including phenoxy) is 4. The van der Waals surface area contributed by atoms with E-state index in [-0.39, 0.29) is 6.04 Å². The zero-order valence-corrected chi connectivity index (χ0v) is 13.3. The highest BCUT2D eigenvalue weighted by molar-refractivity contribution is 5.41. The van der Waals surface area contributed by atoms with Crippen LogP contribution in [-0.2, 0) is 15.9 Å². The van der Waals surface area contributed by atoms with Crippen molar-refractivity contribution < 1.29 is 18.9 Å². The fourth-order valence-electron chi connectivity index (χ4n) is 1.85. The molecule has 0 aromatic heterocycles. The van der Waals surface area contributed by atoms with E-state index in [2.05, 4.69) is 6.92 Å². The molecule has 1 atom stereocenters. The zero-order valence-electron chi connectivity index (χ0n) is 13.3. The predicted molar refractivity (Wildman–Crippen MR) is 83.2 cm³/mol. The van der Waals surface area contributed by atoms with Gasteiger partial charge < -0.3 is 24.7 Å². The minimum atomic E-state index is 0.138. The molecule has 2 N–H and O–H groups in total. The summed E-state index contributed by atoms with van der Waals surface area (Å²) in [5, 5.41) is 0. The van der Waals surface area contributed by atoms with Gasteiger partial charge in [0.1, 0.15) is 18.1 Å². The highest BCUT2D eigenvalue weighted by atomic mass is 16.5. The molecule has 1 unspecified atom stereocenters. The normalized spacial score (nSPS) is 12.2. The second kappa shape index (κ2) is 10.4. The summed E-state index contributed by atoms with van der Waals surface area (Å²) in [6.45, 7) is 4.27. The van der Waals surface area contributed by atoms with Gasteiger partial charge in [-0.3, -0.25) is 0 Å². The maximum Gasteiger partial charge on any atom is 0.126 e. The van der Waals surface area contributed by atoms with Crippen LogP contribution in [0.2, 0.25) is 0 Å². The summed E-state index contributed by atoms with van der Waals surface area (Å²) >= 11 is 0. The Balaban J connectivity index is 2.55. The minimum Gasteiger partial charge on any atom is -0.497 e. The molecule has 21 heavy (non-hydrogen) atoms. The number of rotatable bonds is 11. The first-order chi connectivity index (χ1) is 10.2. The Morgan fingerprint density at radius 3 is 2.52 bits per heavy atom. The maximum atomic E-state index is 6.03. The van der Waals surface area contributed by atoms with E-state index in [0.717, 1.165) is 29.9 Å². The Morgan fingerprint density at radius 2 is 1.86 bits per heavy atom. The lowest BCUT2D eigenvalue weighted by Crippen LogP contribution is -2.22. The number of benzene rings is 1. The van der Waals surface area contributed by atoms with Crippen LogP contribution in [0.3, 0.4) is 0 Å². The van der Waals surface area contributed by atoms with Crippen LogP contribution < -0.4 is 15.2 Å². The van der Waals surface area contributed by atoms with E-state index in [1.165, 1.54) is 0 Å². The van der Waals surface area contributed by atoms with Crippen LogP contribution in [0.15, 0.2) is 18.2 Å². The summed E-state index contributed by atoms with van der Waals surface area (Å²) in [7, 11) is 3.30. The first kappa shape index (κ1) is 17.8. The van der Waals surface area contributed by atoms with Gasteiger partial charge in [-0.05, 0) is 24.5 Å². The van der Waals surface area contributed by atoms with Crippen molar-refractivity contribution in [3.05, 3.63) is 23.8 Å². The topological polar surface area (TPSA) is 62.9 Å². The minimum absolute atomic E-state index is 0.138. The second-order valence-electron chi connectivity index (χ2n) is 4.80. The van der Waals surface area contributed by atoms with E-state index in [9.17, 15) is 0 Å². The number of hydrogen-bond acceptors (Lipinski definition) is 5. The quantitative estimate of drug-likeness (QED) is 0.633. The molecule has 0 aliphatic heterocycles. The van der Waals surface area contributed by atoms with Gasteiger partial charge in [0.05, 0.1) is 26.9 Å². The van der Waals surface area contributed by atoms with E-state index < -0.39 is 0 Å². The average molecular weight is 297 g/mol. The van der Waals surface area contributed by atoms with Gasteiger partial charge >= 0.3 is 0 Å². The fraction of sp³-hybridized carbons (Fsp3) is 0.625. The van der Waals surface area contributed by atoms with Gasteiger partial charge in [0, 0.05) is 19.2 Å². The molecule has 1 aromatic rings. The molecule has 0 bridgehead atoms. The highest BCUT2D eigenvalue weighted by Crippen LogP contribution is 2.26. The Kier molecular flexibility index (Phi) is 8.82. The average Bonchev–Trinajstić information content (AvgIpc) is 2.51. The van der Waals surface area contributed by atoms with Gasteiger partial charge in [0.15, 0.2) is 0 Å². The van der Waals surface area contributed by atoms with Crippen LogP contribution in [-0.4, -0.2) is 46.7 Å². The molecular weight excluding hydrogens is 270 g/mol. The van der Waals surface area contributed by atoms with Gasteiger partial charge in [0.2, 0.25) is 0 Å². The molecule has 0 saturated heterocycles. The fourth-order valence-corrected chi connectivity index (χ4v) is 1.85. The first-order valence-electron chi connectivity index (χ1n) is 7.33. The molecule has 1 rings (SSSR count). The van der Waals surface area contributed by atoms with Crippen LogP contribution in [0.25, 0.3) is 0 Å². The molecule has 0 fully saturated rings. The Bertz CT molecular complexity index is 398. The van der Waals surface area contributed by atoms with Crippen molar-refractivity contribution in [3.8, 4) is 11.5 Å². The third-order valence-electron chi connectivity index (χ3n) is 3.20. The van der Waals surface area contributed by atoms with E-state index in [1.54, 1.807) is 14.2 Å². The van der Waals surface area contributed by atoms with Crippen molar-refractivity contribution in [1.82, 2.24) is 0 Å². The maximum absolute atomic E-state index is 6.03. The number of methoxy groups -OCH3 is 2. The standard InChI is InChI=1S/C16H27NO4/c1-4-14(17)11-13-5-6-15(19-3)12-16(13)21-10-9-20-8-7-18-2/h5-6,12,14H,4,7-11,17H2,1-3H3. The Hall–Kier alpha value is -1.30. The summed E-state index contributed by atoms with van der Waals surface area (Å²) in [6.07, 6.45) is 1.73. The second-order valence-corrected chi connectivity index (χ2v) is 4.80. The van der Waals surface area contributed by atoms with E-state index in [0.29, 0.717) is 26.4 Å². The summed E-state index contributed by atoms with van der Waals surface area (Å²) in [5.41, 5.74) is 7.13. The van der Waals surface area contributed by atoms with Gasteiger partial charge in [-0.25, -0.2) is 0 Å². The lowest BCUT2D eigenvalue weighted by molar-refractivity contribution is 0.0542. The largest absolute Gasteiger partial charge is 0.497 e. The van der Waals surface area contributed by atoms with Crippen LogP contribution >= 0.6 is 0 Å². The Morgan fingerprint density at radius 1 is 1.10 bits per heavy atom. The van der Waals surface area contributed by atoms with Crippen LogP contribution in [0, 0.1) is 0 Å². The van der Waals surface area contributed by atoms with Gasteiger partial charge in [-0.2, -0.15) is 0 Å². The smallest absolute Gasteiger partial charge is 0.126 e. The number of hydrogen-bond donors (Lipinski definition) is 1. The molecule has 0 spiro atoms. The van der Waals surface area contributed by atoms with Gasteiger partial charge in [-0.1, -0.05) is 13.0 Å². The predicted octanol–water partition coefficient (Wildman–Crippen LogP) is 2.02. The molecule has 5 heteroatoms. The van der Waals surface area contributed by atoms with Crippen molar-refractivity contribution >= 4 is 0 Å². The molecule has 120 valence electrons. The van der Waals surface area contributed by atoms with Crippen LogP contribution in [0.1, 0.15) is 18.9 Å². The van der Waals surface area contributed by atoms with Gasteiger partial charge in [0.25, 0.3) is 0 Å². The van der Waals surface area contributed by atoms with Crippen molar-refractivity contribution in [3.63, 3.8) is 0 Å². The van der Waals surface area contributed by atoms with Crippen LogP contribution in [0.5, 0.6) is 11.5 Å². The SMILES string of the molecule is CCC(N)Cc1ccc(OC)cc1OCCOCCOC. The summed E-state index contributed by atoms with van der Waals surface area (Å²) in [6, 6.07) is 5.97. The van der Waals surface area contributed by atoms with Crippen molar-refractivity contribution in [2.75, 3.05) is 40.6 Å². The third-order valence-corrected chi connectivity index (χ3v) is 3.20.